The van der Waals surface area contributed by atoms with E-state index in [-0.39, 0.29) is 12.1 Å². The predicted molar refractivity (Wildman–Crippen MR) is 99.1 cm³/mol. The van der Waals surface area contributed by atoms with E-state index in [1.54, 1.807) is 0 Å². The van der Waals surface area contributed by atoms with Crippen molar-refractivity contribution in [1.29, 1.82) is 0 Å². The van der Waals surface area contributed by atoms with Crippen LogP contribution in [0.5, 0.6) is 0 Å². The van der Waals surface area contributed by atoms with Crippen LogP contribution in [0.1, 0.15) is 50.4 Å². The Balaban J connectivity index is 1.36. The highest BCUT2D eigenvalue weighted by atomic mass is 16.5. The van der Waals surface area contributed by atoms with Crippen molar-refractivity contribution in [3.63, 3.8) is 0 Å². The van der Waals surface area contributed by atoms with E-state index < -0.39 is 0 Å². The lowest BCUT2D eigenvalue weighted by Crippen LogP contribution is -2.40. The van der Waals surface area contributed by atoms with Crippen LogP contribution in [0, 0.1) is 0 Å². The highest BCUT2D eigenvalue weighted by Gasteiger charge is 2.23. The van der Waals surface area contributed by atoms with Crippen molar-refractivity contribution in [3.05, 3.63) is 24.2 Å². The standard InChI is InChI=1S/C19H27N5O2/c25-19(22-13-15-7-4-12-26-15)21-11-9-17-23-16-8-3-10-20-18(16)24(17)14-5-1-2-6-14/h3,8,10,14-15H,1-2,4-7,9,11-13H2,(H2,21,22,25). The number of amides is 2. The van der Waals surface area contributed by atoms with Crippen LogP contribution < -0.4 is 10.6 Å². The van der Waals surface area contributed by atoms with Gasteiger partial charge in [0.15, 0.2) is 5.65 Å². The van der Waals surface area contributed by atoms with E-state index in [0.717, 1.165) is 36.4 Å². The van der Waals surface area contributed by atoms with Crippen LogP contribution in [-0.4, -0.2) is 46.4 Å². The first-order valence-corrected chi connectivity index (χ1v) is 9.76. The van der Waals surface area contributed by atoms with Crippen LogP contribution in [0.3, 0.4) is 0 Å². The second-order valence-corrected chi connectivity index (χ2v) is 7.20. The molecule has 2 N–H and O–H groups in total. The van der Waals surface area contributed by atoms with E-state index in [1.165, 1.54) is 25.7 Å². The number of fused-ring (bicyclic) bond motifs is 1. The predicted octanol–water partition coefficient (Wildman–Crippen LogP) is 2.57. The number of carbonyl (C=O) groups is 1. The lowest BCUT2D eigenvalue weighted by Gasteiger charge is -2.16. The summed E-state index contributed by atoms with van der Waals surface area (Å²) in [6.07, 6.45) is 9.71. The van der Waals surface area contributed by atoms with Gasteiger partial charge >= 0.3 is 6.03 Å². The molecule has 2 aromatic heterocycles. The quantitative estimate of drug-likeness (QED) is 0.832. The fourth-order valence-electron chi connectivity index (χ4n) is 4.06. The molecule has 7 nitrogen and oxygen atoms in total. The number of rotatable bonds is 6. The number of hydrogen-bond donors (Lipinski definition) is 2. The zero-order valence-corrected chi connectivity index (χ0v) is 15.1. The Hall–Kier alpha value is -2.15. The molecule has 1 atom stereocenters. The summed E-state index contributed by atoms with van der Waals surface area (Å²) in [5.74, 6) is 1.02. The zero-order chi connectivity index (χ0) is 17.8. The summed E-state index contributed by atoms with van der Waals surface area (Å²) in [5, 5.41) is 5.83. The lowest BCUT2D eigenvalue weighted by atomic mass is 10.2. The van der Waals surface area contributed by atoms with Gasteiger partial charge in [0.1, 0.15) is 11.3 Å². The van der Waals surface area contributed by atoms with Gasteiger partial charge in [-0.1, -0.05) is 12.8 Å². The molecule has 1 saturated carbocycles. The highest BCUT2D eigenvalue weighted by molar-refractivity contribution is 5.74. The fourth-order valence-corrected chi connectivity index (χ4v) is 4.06. The van der Waals surface area contributed by atoms with E-state index >= 15 is 0 Å². The van der Waals surface area contributed by atoms with Crippen LogP contribution in [0.25, 0.3) is 11.2 Å². The summed E-state index contributed by atoms with van der Waals surface area (Å²) in [7, 11) is 0. The smallest absolute Gasteiger partial charge is 0.314 e. The molecule has 1 saturated heterocycles. The molecule has 0 radical (unpaired) electrons. The number of carbonyl (C=O) groups excluding carboxylic acids is 1. The first-order valence-electron chi connectivity index (χ1n) is 9.76. The summed E-state index contributed by atoms with van der Waals surface area (Å²) < 4.78 is 7.82. The molecule has 1 aliphatic heterocycles. The number of urea groups is 1. The van der Waals surface area contributed by atoms with Gasteiger partial charge in [-0.25, -0.2) is 14.8 Å². The topological polar surface area (TPSA) is 81.1 Å². The third kappa shape index (κ3) is 3.82. The van der Waals surface area contributed by atoms with E-state index in [9.17, 15) is 4.79 Å². The summed E-state index contributed by atoms with van der Waals surface area (Å²) in [6, 6.07) is 4.29. The van der Waals surface area contributed by atoms with E-state index in [4.69, 9.17) is 9.72 Å². The van der Waals surface area contributed by atoms with Gasteiger partial charge in [0.2, 0.25) is 0 Å². The van der Waals surface area contributed by atoms with E-state index in [2.05, 4.69) is 20.2 Å². The van der Waals surface area contributed by atoms with Gasteiger partial charge in [0.25, 0.3) is 0 Å². The summed E-state index contributed by atoms with van der Waals surface area (Å²) in [5.41, 5.74) is 1.91. The van der Waals surface area contributed by atoms with Crippen molar-refractivity contribution in [2.45, 2.75) is 57.1 Å². The zero-order valence-electron chi connectivity index (χ0n) is 15.1. The maximum atomic E-state index is 12.0. The summed E-state index contributed by atoms with van der Waals surface area (Å²) >= 11 is 0. The van der Waals surface area contributed by atoms with Crippen LogP contribution in [0.2, 0.25) is 0 Å². The van der Waals surface area contributed by atoms with Crippen LogP contribution in [0.4, 0.5) is 4.79 Å². The molecule has 3 heterocycles. The van der Waals surface area contributed by atoms with Gasteiger partial charge in [0.05, 0.1) is 6.10 Å². The minimum Gasteiger partial charge on any atom is -0.376 e. The molecule has 4 rings (SSSR count). The first kappa shape index (κ1) is 17.3. The lowest BCUT2D eigenvalue weighted by molar-refractivity contribution is 0.111. The molecule has 2 amide bonds. The van der Waals surface area contributed by atoms with Gasteiger partial charge in [0, 0.05) is 38.4 Å². The summed E-state index contributed by atoms with van der Waals surface area (Å²) in [6.45, 7) is 1.95. The fraction of sp³-hybridized carbons (Fsp3) is 0.632. The first-order chi connectivity index (χ1) is 12.8. The molecular formula is C19H27N5O2. The molecule has 7 heteroatoms. The molecule has 1 aliphatic carbocycles. The SMILES string of the molecule is O=C(NCCc1nc2cccnc2n1C1CCCC1)NCC1CCCO1. The second-order valence-electron chi connectivity index (χ2n) is 7.20. The Morgan fingerprint density at radius 3 is 2.92 bits per heavy atom. The molecule has 0 aromatic carbocycles. The van der Waals surface area contributed by atoms with Crippen molar-refractivity contribution < 1.29 is 9.53 Å². The average molecular weight is 357 g/mol. The number of nitrogens with zero attached hydrogens (tertiary/aromatic N) is 3. The monoisotopic (exact) mass is 357 g/mol. The minimum absolute atomic E-state index is 0.137. The van der Waals surface area contributed by atoms with Crippen molar-refractivity contribution in [2.75, 3.05) is 19.7 Å². The highest BCUT2D eigenvalue weighted by Crippen LogP contribution is 2.33. The van der Waals surface area contributed by atoms with Gasteiger partial charge in [-0.2, -0.15) is 0 Å². The Bertz CT molecular complexity index is 747. The number of ether oxygens (including phenoxy) is 1. The molecule has 0 bridgehead atoms. The second kappa shape index (κ2) is 8.03. The molecule has 2 fully saturated rings. The third-order valence-corrected chi connectivity index (χ3v) is 5.36. The Kier molecular flexibility index (Phi) is 5.34. The van der Waals surface area contributed by atoms with Crippen LogP contribution >= 0.6 is 0 Å². The third-order valence-electron chi connectivity index (χ3n) is 5.36. The Morgan fingerprint density at radius 2 is 2.12 bits per heavy atom. The minimum atomic E-state index is -0.137. The number of pyridine rings is 1. The van der Waals surface area contributed by atoms with Crippen molar-refractivity contribution in [2.24, 2.45) is 0 Å². The molecule has 0 spiro atoms. The molecular weight excluding hydrogens is 330 g/mol. The van der Waals surface area contributed by atoms with Crippen LogP contribution in [0.15, 0.2) is 18.3 Å². The van der Waals surface area contributed by atoms with Gasteiger partial charge in [-0.15, -0.1) is 0 Å². The van der Waals surface area contributed by atoms with Gasteiger partial charge in [-0.05, 0) is 37.8 Å². The molecule has 1 unspecified atom stereocenters. The van der Waals surface area contributed by atoms with Crippen LogP contribution in [-0.2, 0) is 11.2 Å². The summed E-state index contributed by atoms with van der Waals surface area (Å²) in [4.78, 5) is 21.3. The number of imidazole rings is 1. The van der Waals surface area contributed by atoms with Gasteiger partial charge < -0.3 is 19.9 Å². The number of nitrogens with one attached hydrogen (secondary N) is 2. The largest absolute Gasteiger partial charge is 0.376 e. The molecule has 26 heavy (non-hydrogen) atoms. The molecule has 140 valence electrons. The van der Waals surface area contributed by atoms with Crippen molar-refractivity contribution in [3.8, 4) is 0 Å². The molecule has 2 aromatic rings. The average Bonchev–Trinajstić information content (AvgIpc) is 3.39. The Labute approximate surface area is 153 Å². The van der Waals surface area contributed by atoms with E-state index in [0.29, 0.717) is 25.6 Å². The van der Waals surface area contributed by atoms with Gasteiger partial charge in [-0.3, -0.25) is 0 Å². The van der Waals surface area contributed by atoms with E-state index in [1.807, 2.05) is 18.3 Å². The number of hydrogen-bond acceptors (Lipinski definition) is 4. The molecule has 2 aliphatic rings. The van der Waals surface area contributed by atoms with Crippen molar-refractivity contribution in [1.82, 2.24) is 25.2 Å². The number of aromatic nitrogens is 3. The normalized spacial score (nSPS) is 20.7. The maximum Gasteiger partial charge on any atom is 0.314 e. The maximum absolute atomic E-state index is 12.0. The van der Waals surface area contributed by atoms with Crippen molar-refractivity contribution >= 4 is 17.2 Å². The Morgan fingerprint density at radius 1 is 1.23 bits per heavy atom.